The lowest BCUT2D eigenvalue weighted by Crippen LogP contribution is -2.48. The van der Waals surface area contributed by atoms with E-state index in [0.29, 0.717) is 19.5 Å². The van der Waals surface area contributed by atoms with Gasteiger partial charge in [0.15, 0.2) is 0 Å². The molecule has 10 aromatic rings. The number of rotatable bonds is 6. The van der Waals surface area contributed by atoms with Gasteiger partial charge in [0.2, 0.25) is 0 Å². The van der Waals surface area contributed by atoms with E-state index in [4.69, 9.17) is 0 Å². The van der Waals surface area contributed by atoms with Crippen LogP contribution in [0.1, 0.15) is 126 Å². The summed E-state index contributed by atoms with van der Waals surface area (Å²) in [7, 11) is 0. The van der Waals surface area contributed by atoms with Gasteiger partial charge >= 0.3 is 17.8 Å². The van der Waals surface area contributed by atoms with E-state index in [1.54, 1.807) is 13.8 Å². The monoisotopic (exact) mass is 1090 g/mol. The standard InChI is InChI=1S/C63H60F6N2S4/c1-33-39(31-51(72-33)49-23-25-53(74-49)70-45-19-15-35(57(3,4)5)27-41(45)42-28-36(58(6,7)8)16-20-46(42)70)55-56(62(66,67)63(68,69)61(55,64)65)40-32-52(73-34(40)2)50-24-26-54(75-50)71-47-21-17-37(59(9,10)11)29-43(47)44-30-38(60(12,13)14)18-22-48(44)71/h15-32H,1-14H3. The summed E-state index contributed by atoms with van der Waals surface area (Å²) < 4.78 is 103. The SMILES string of the molecule is Cc1sc(-c2ccc(-n3c4ccc(C(C)(C)C)cc4c4cc(C(C)(C)C)ccc43)s2)cc1C1=C(c2cc(-c3ccc(-n4c5ccc(C(C)(C)C)cc5c5cc(C(C)(C)C)ccc54)s3)sc2C)C(F)(F)C(F)(F)C1(F)F. The van der Waals surface area contributed by atoms with Gasteiger partial charge in [-0.1, -0.05) is 107 Å². The number of aromatic nitrogens is 2. The molecule has 0 N–H and O–H groups in total. The quantitative estimate of drug-likeness (QED) is 0.147. The third-order valence-corrected chi connectivity index (χ3v) is 19.8. The first-order valence-electron chi connectivity index (χ1n) is 25.3. The Bertz CT molecular complexity index is 3600. The Hall–Kier alpha value is -5.40. The van der Waals surface area contributed by atoms with Crippen molar-refractivity contribution in [3.63, 3.8) is 0 Å². The maximum absolute atomic E-state index is 16.6. The van der Waals surface area contributed by atoms with Crippen LogP contribution in [0.4, 0.5) is 26.3 Å². The third kappa shape index (κ3) is 8.04. The number of aryl methyl sites for hydroxylation is 2. The number of thiophene rings is 4. The lowest BCUT2D eigenvalue weighted by atomic mass is 9.85. The number of hydrogen-bond donors (Lipinski definition) is 0. The van der Waals surface area contributed by atoms with E-state index in [9.17, 15) is 0 Å². The predicted molar refractivity (Wildman–Crippen MR) is 310 cm³/mol. The van der Waals surface area contributed by atoms with Crippen molar-refractivity contribution in [2.75, 3.05) is 0 Å². The van der Waals surface area contributed by atoms with Crippen LogP contribution in [0.2, 0.25) is 0 Å². The molecule has 0 unspecified atom stereocenters. The maximum atomic E-state index is 16.6. The minimum atomic E-state index is -5.69. The summed E-state index contributed by atoms with van der Waals surface area (Å²) in [5.41, 5.74) is 5.23. The smallest absolute Gasteiger partial charge is 0.301 e. The Morgan fingerprint density at radius 2 is 0.627 bits per heavy atom. The molecular weight excluding hydrogens is 1030 g/mol. The molecule has 75 heavy (non-hydrogen) atoms. The highest BCUT2D eigenvalue weighted by atomic mass is 32.1. The van der Waals surface area contributed by atoms with Crippen LogP contribution in [0.5, 0.6) is 0 Å². The lowest BCUT2D eigenvalue weighted by molar-refractivity contribution is -0.254. The highest BCUT2D eigenvalue weighted by molar-refractivity contribution is 7.24. The van der Waals surface area contributed by atoms with Crippen molar-refractivity contribution in [3.8, 4) is 29.5 Å². The minimum absolute atomic E-state index is 0.0862. The molecule has 6 heterocycles. The molecule has 1 aliphatic carbocycles. The number of alkyl halides is 6. The summed E-state index contributed by atoms with van der Waals surface area (Å²) in [5.74, 6) is -16.1. The van der Waals surface area contributed by atoms with E-state index in [-0.39, 0.29) is 42.5 Å². The molecule has 1 aliphatic rings. The second-order valence-corrected chi connectivity index (χ2v) is 29.1. The van der Waals surface area contributed by atoms with E-state index in [0.717, 1.165) is 76.3 Å². The Morgan fingerprint density at radius 3 is 0.893 bits per heavy atom. The van der Waals surface area contributed by atoms with Crippen LogP contribution in [0.25, 0.3) is 84.3 Å². The zero-order valence-corrected chi connectivity index (χ0v) is 48.0. The summed E-state index contributed by atoms with van der Waals surface area (Å²) in [6.45, 7) is 29.4. The second-order valence-electron chi connectivity index (χ2n) is 24.5. The molecule has 0 saturated carbocycles. The van der Waals surface area contributed by atoms with Gasteiger partial charge in [-0.05, 0) is 154 Å². The lowest BCUT2D eigenvalue weighted by Gasteiger charge is -2.25. The molecule has 0 spiro atoms. The van der Waals surface area contributed by atoms with E-state index < -0.39 is 28.9 Å². The average Bonchev–Trinajstić information content (AvgIpc) is 4.27. The predicted octanol–water partition coefficient (Wildman–Crippen LogP) is 21.1. The summed E-state index contributed by atoms with van der Waals surface area (Å²) in [5, 5.41) is 6.17. The van der Waals surface area contributed by atoms with Crippen molar-refractivity contribution in [1.29, 1.82) is 0 Å². The molecule has 6 aromatic heterocycles. The van der Waals surface area contributed by atoms with Gasteiger partial charge in [0.05, 0.1) is 22.1 Å². The van der Waals surface area contributed by atoms with Gasteiger partial charge in [-0.2, -0.15) is 26.3 Å². The van der Waals surface area contributed by atoms with Crippen LogP contribution in [0.15, 0.2) is 109 Å². The molecule has 388 valence electrons. The van der Waals surface area contributed by atoms with Gasteiger partial charge in [-0.15, -0.1) is 45.3 Å². The van der Waals surface area contributed by atoms with Crippen LogP contribution in [-0.2, 0) is 21.7 Å². The van der Waals surface area contributed by atoms with E-state index in [2.05, 4.69) is 165 Å². The molecule has 0 aliphatic heterocycles. The van der Waals surface area contributed by atoms with Crippen molar-refractivity contribution in [2.24, 2.45) is 0 Å². The third-order valence-electron chi connectivity index (χ3n) is 15.1. The normalized spacial score (nSPS) is 16.3. The number of allylic oxidation sites excluding steroid dienone is 2. The molecule has 0 atom stereocenters. The number of hydrogen-bond acceptors (Lipinski definition) is 4. The van der Waals surface area contributed by atoms with Crippen molar-refractivity contribution in [2.45, 2.75) is 136 Å². The fraction of sp³-hybridized carbons (Fsp3) is 0.333. The second kappa shape index (κ2) is 16.8. The van der Waals surface area contributed by atoms with Gasteiger partial charge in [0.1, 0.15) is 10.0 Å². The van der Waals surface area contributed by atoms with Gasteiger partial charge < -0.3 is 9.13 Å². The van der Waals surface area contributed by atoms with Crippen LogP contribution < -0.4 is 0 Å². The Labute approximate surface area is 451 Å². The molecule has 0 radical (unpaired) electrons. The number of benzene rings is 4. The van der Waals surface area contributed by atoms with Gasteiger partial charge in [0, 0.05) is 62.0 Å². The molecule has 0 bridgehead atoms. The first-order chi connectivity index (χ1) is 34.8. The number of halogens is 6. The minimum Gasteiger partial charge on any atom is -0.301 e. The Morgan fingerprint density at radius 1 is 0.347 bits per heavy atom. The first-order valence-corrected chi connectivity index (χ1v) is 28.6. The fourth-order valence-electron chi connectivity index (χ4n) is 10.7. The van der Waals surface area contributed by atoms with Gasteiger partial charge in [0.25, 0.3) is 0 Å². The van der Waals surface area contributed by atoms with E-state index >= 15 is 26.3 Å². The van der Waals surface area contributed by atoms with Gasteiger partial charge in [-0.25, -0.2) is 0 Å². The molecule has 12 heteroatoms. The zero-order valence-electron chi connectivity index (χ0n) is 44.7. The highest BCUT2D eigenvalue weighted by Crippen LogP contribution is 2.66. The van der Waals surface area contributed by atoms with Crippen LogP contribution in [-0.4, -0.2) is 26.9 Å². The molecule has 4 aromatic carbocycles. The van der Waals surface area contributed by atoms with Crippen molar-refractivity contribution in [1.82, 2.24) is 9.13 Å². The van der Waals surface area contributed by atoms with Crippen molar-refractivity contribution in [3.05, 3.63) is 152 Å². The largest absolute Gasteiger partial charge is 0.380 e. The number of nitrogens with zero attached hydrogens (tertiary/aromatic N) is 2. The molecular formula is C63H60F6N2S4. The highest BCUT2D eigenvalue weighted by Gasteiger charge is 2.80. The Kier molecular flexibility index (Phi) is 11.6. The van der Waals surface area contributed by atoms with Crippen LogP contribution >= 0.6 is 45.3 Å². The molecule has 0 fully saturated rings. The fourth-order valence-corrected chi connectivity index (χ4v) is 15.0. The van der Waals surface area contributed by atoms with E-state index in [1.165, 1.54) is 57.1 Å². The van der Waals surface area contributed by atoms with Crippen LogP contribution in [0.3, 0.4) is 0 Å². The molecule has 11 rings (SSSR count). The molecule has 0 saturated heterocycles. The molecule has 0 amide bonds. The number of fused-ring (bicyclic) bond motifs is 6. The average molecular weight is 1090 g/mol. The first kappa shape index (κ1) is 51.7. The Balaban J connectivity index is 1.01. The summed E-state index contributed by atoms with van der Waals surface area (Å²) >= 11 is 5.15. The summed E-state index contributed by atoms with van der Waals surface area (Å²) in [6.07, 6.45) is 0. The van der Waals surface area contributed by atoms with Crippen molar-refractivity contribution >= 4 is 100 Å². The maximum Gasteiger partial charge on any atom is 0.380 e. The van der Waals surface area contributed by atoms with Crippen LogP contribution in [0, 0.1) is 13.8 Å². The van der Waals surface area contributed by atoms with Crippen molar-refractivity contribution < 1.29 is 26.3 Å². The van der Waals surface area contributed by atoms with E-state index in [1.807, 2.05) is 24.3 Å². The zero-order chi connectivity index (χ0) is 54.1. The topological polar surface area (TPSA) is 9.86 Å². The molecule has 2 nitrogen and oxygen atoms in total. The summed E-state index contributed by atoms with van der Waals surface area (Å²) in [4.78, 5) is 2.94. The summed E-state index contributed by atoms with van der Waals surface area (Å²) in [6, 6.07) is 36.7. The van der Waals surface area contributed by atoms with Gasteiger partial charge in [-0.3, -0.25) is 0 Å².